The van der Waals surface area contributed by atoms with Gasteiger partial charge in [-0.05, 0) is 37.6 Å². The van der Waals surface area contributed by atoms with Gasteiger partial charge in [0.05, 0.1) is 11.4 Å². The fourth-order valence-corrected chi connectivity index (χ4v) is 4.13. The van der Waals surface area contributed by atoms with Crippen molar-refractivity contribution in [3.8, 4) is 0 Å². The van der Waals surface area contributed by atoms with Crippen LogP contribution in [-0.4, -0.2) is 39.5 Å². The zero-order valence-electron chi connectivity index (χ0n) is 16.4. The molecular weight excluding hydrogens is 384 g/mol. The molecule has 7 heteroatoms. The minimum Gasteiger partial charge on any atom is -0.325 e. The van der Waals surface area contributed by atoms with Crippen LogP contribution in [0.2, 0.25) is 0 Å². The summed E-state index contributed by atoms with van der Waals surface area (Å²) in [6.45, 7) is 4.04. The van der Waals surface area contributed by atoms with E-state index >= 15 is 0 Å². The van der Waals surface area contributed by atoms with E-state index in [-0.39, 0.29) is 23.6 Å². The summed E-state index contributed by atoms with van der Waals surface area (Å²) in [4.78, 5) is 36.2. The lowest BCUT2D eigenvalue weighted by molar-refractivity contribution is -0.124. The second-order valence-corrected chi connectivity index (χ2v) is 7.99. The molecule has 0 aliphatic carbocycles. The molecule has 0 unspecified atom stereocenters. The molecule has 0 saturated heterocycles. The van der Waals surface area contributed by atoms with Gasteiger partial charge in [-0.1, -0.05) is 54.9 Å². The zero-order chi connectivity index (χ0) is 20.4. The highest BCUT2D eigenvalue weighted by molar-refractivity contribution is 8.14. The molecule has 2 aromatic rings. The Morgan fingerprint density at radius 3 is 2.69 bits per heavy atom. The van der Waals surface area contributed by atoms with Gasteiger partial charge in [-0.15, -0.1) is 0 Å². The minimum atomic E-state index is -0.381. The van der Waals surface area contributed by atoms with Crippen molar-refractivity contribution in [2.24, 2.45) is 9.98 Å². The van der Waals surface area contributed by atoms with Crippen LogP contribution in [0.3, 0.4) is 0 Å². The summed E-state index contributed by atoms with van der Waals surface area (Å²) in [5.74, 6) is 0.586. The van der Waals surface area contributed by atoms with Gasteiger partial charge < -0.3 is 5.32 Å². The van der Waals surface area contributed by atoms with Gasteiger partial charge >= 0.3 is 0 Å². The number of nitrogens with one attached hydrogen (secondary N) is 1. The Labute approximate surface area is 174 Å². The van der Waals surface area contributed by atoms with E-state index in [1.165, 1.54) is 11.8 Å². The van der Waals surface area contributed by atoms with Gasteiger partial charge in [0, 0.05) is 11.3 Å². The molecule has 0 fully saturated rings. The molecule has 0 radical (unpaired) electrons. The van der Waals surface area contributed by atoms with Crippen LogP contribution < -0.4 is 5.32 Å². The number of nitrogens with zero attached hydrogens (tertiary/aromatic N) is 3. The maximum atomic E-state index is 12.9. The normalized spacial score (nSPS) is 17.4. The molecule has 4 rings (SSSR count). The molecule has 0 spiro atoms. The van der Waals surface area contributed by atoms with E-state index < -0.39 is 0 Å². The summed E-state index contributed by atoms with van der Waals surface area (Å²) >= 11 is 1.25. The topological polar surface area (TPSA) is 74.1 Å². The van der Waals surface area contributed by atoms with Crippen LogP contribution in [0.5, 0.6) is 0 Å². The second kappa shape index (κ2) is 8.21. The highest BCUT2D eigenvalue weighted by atomic mass is 32.2. The molecule has 148 valence electrons. The molecule has 2 aliphatic rings. The first-order valence-corrected chi connectivity index (χ1v) is 10.6. The molecule has 0 aromatic heterocycles. The third-order valence-electron chi connectivity index (χ3n) is 4.78. The number of carbonyl (C=O) groups excluding carboxylic acids is 2. The van der Waals surface area contributed by atoms with E-state index in [4.69, 9.17) is 0 Å². The number of para-hydroxylation sites is 1. The van der Waals surface area contributed by atoms with Crippen molar-refractivity contribution < 1.29 is 9.59 Å². The summed E-state index contributed by atoms with van der Waals surface area (Å²) in [5.41, 5.74) is 3.51. The summed E-state index contributed by atoms with van der Waals surface area (Å²) in [6, 6.07) is 14.9. The number of hydrogen-bond donors (Lipinski definition) is 1. The lowest BCUT2D eigenvalue weighted by Crippen LogP contribution is -2.41. The van der Waals surface area contributed by atoms with Crippen molar-refractivity contribution in [1.29, 1.82) is 0 Å². The molecule has 2 aromatic carbocycles. The lowest BCUT2D eigenvalue weighted by atomic mass is 10.1. The molecule has 6 nitrogen and oxygen atoms in total. The number of carbonyl (C=O) groups is 2. The molecule has 2 aliphatic heterocycles. The number of rotatable bonds is 5. The summed E-state index contributed by atoms with van der Waals surface area (Å²) in [5, 5.41) is 3.38. The number of amides is 2. The third-order valence-corrected chi connectivity index (χ3v) is 5.72. The van der Waals surface area contributed by atoms with Gasteiger partial charge in [0.15, 0.2) is 5.17 Å². The number of amidine groups is 2. The summed E-state index contributed by atoms with van der Waals surface area (Å²) in [7, 11) is 0. The lowest BCUT2D eigenvalue weighted by Gasteiger charge is -2.25. The van der Waals surface area contributed by atoms with Crippen LogP contribution in [0, 0.1) is 6.92 Å². The smallest absolute Gasteiger partial charge is 0.259 e. The number of anilines is 1. The second-order valence-electron chi connectivity index (χ2n) is 7.05. The SMILES string of the molecule is CCC[C@H]1N=C2c3ccccc3N=C(SCC(=O)Nc3ccc(C)cc3)N2C1=O. The Hall–Kier alpha value is -2.93. The first-order valence-electron chi connectivity index (χ1n) is 9.66. The highest BCUT2D eigenvalue weighted by Gasteiger charge is 2.40. The maximum Gasteiger partial charge on any atom is 0.259 e. The first kappa shape index (κ1) is 19.4. The van der Waals surface area contributed by atoms with E-state index in [1.807, 2.05) is 62.4 Å². The Kier molecular flexibility index (Phi) is 5.49. The number of fused-ring (bicyclic) bond motifs is 3. The van der Waals surface area contributed by atoms with E-state index in [0.29, 0.717) is 17.4 Å². The summed E-state index contributed by atoms with van der Waals surface area (Å²) in [6.07, 6.45) is 1.58. The predicted molar refractivity (Wildman–Crippen MR) is 118 cm³/mol. The minimum absolute atomic E-state index is 0.0680. The molecule has 2 amide bonds. The van der Waals surface area contributed by atoms with Crippen LogP contribution in [0.25, 0.3) is 0 Å². The van der Waals surface area contributed by atoms with Crippen molar-refractivity contribution in [2.45, 2.75) is 32.7 Å². The number of aryl methyl sites for hydroxylation is 1. The molecule has 2 heterocycles. The van der Waals surface area contributed by atoms with Gasteiger partial charge in [-0.2, -0.15) is 0 Å². The fraction of sp³-hybridized carbons (Fsp3) is 0.273. The van der Waals surface area contributed by atoms with Crippen LogP contribution in [0.4, 0.5) is 11.4 Å². The van der Waals surface area contributed by atoms with Crippen molar-refractivity contribution in [2.75, 3.05) is 11.1 Å². The van der Waals surface area contributed by atoms with E-state index in [9.17, 15) is 9.59 Å². The van der Waals surface area contributed by atoms with Crippen molar-refractivity contribution in [3.05, 3.63) is 59.7 Å². The van der Waals surface area contributed by atoms with E-state index in [2.05, 4.69) is 15.3 Å². The molecular formula is C22H22N4O2S. The molecule has 0 bridgehead atoms. The first-order chi connectivity index (χ1) is 14.1. The van der Waals surface area contributed by atoms with E-state index in [0.717, 1.165) is 28.9 Å². The standard InChI is InChI=1S/C22H22N4O2S/c1-3-6-18-21(28)26-20(24-18)16-7-4-5-8-17(16)25-22(26)29-13-19(27)23-15-11-9-14(2)10-12-15/h4-5,7-12,18H,3,6,13H2,1-2H3,(H,23,27)/t18-/m1/s1. The quantitative estimate of drug-likeness (QED) is 0.811. The number of benzene rings is 2. The molecule has 29 heavy (non-hydrogen) atoms. The predicted octanol–water partition coefficient (Wildman–Crippen LogP) is 4.13. The average molecular weight is 407 g/mol. The van der Waals surface area contributed by atoms with Crippen molar-refractivity contribution >= 4 is 46.0 Å². The third kappa shape index (κ3) is 3.96. The largest absolute Gasteiger partial charge is 0.325 e. The number of aliphatic imine (C=N–C) groups is 2. The van der Waals surface area contributed by atoms with Crippen molar-refractivity contribution in [3.63, 3.8) is 0 Å². The Morgan fingerprint density at radius 1 is 1.17 bits per heavy atom. The average Bonchev–Trinajstić information content (AvgIpc) is 3.05. The maximum absolute atomic E-state index is 12.9. The molecule has 0 saturated carbocycles. The number of hydrogen-bond acceptors (Lipinski definition) is 5. The Balaban J connectivity index is 1.53. The summed E-state index contributed by atoms with van der Waals surface area (Å²) < 4.78 is 0. The van der Waals surface area contributed by atoms with Crippen molar-refractivity contribution in [1.82, 2.24) is 4.90 Å². The van der Waals surface area contributed by atoms with Gasteiger partial charge in [0.25, 0.3) is 5.91 Å². The zero-order valence-corrected chi connectivity index (χ0v) is 17.2. The van der Waals surface area contributed by atoms with E-state index in [1.54, 1.807) is 4.90 Å². The van der Waals surface area contributed by atoms with Crippen LogP contribution in [0.1, 0.15) is 30.9 Å². The highest BCUT2D eigenvalue weighted by Crippen LogP contribution is 2.34. The monoisotopic (exact) mass is 406 g/mol. The van der Waals surface area contributed by atoms with Gasteiger partial charge in [-0.3, -0.25) is 14.6 Å². The van der Waals surface area contributed by atoms with Gasteiger partial charge in [-0.25, -0.2) is 9.89 Å². The Morgan fingerprint density at radius 2 is 1.93 bits per heavy atom. The van der Waals surface area contributed by atoms with Crippen LogP contribution in [0.15, 0.2) is 58.5 Å². The van der Waals surface area contributed by atoms with Crippen LogP contribution in [-0.2, 0) is 9.59 Å². The van der Waals surface area contributed by atoms with Gasteiger partial charge in [0.1, 0.15) is 11.9 Å². The number of thioether (sulfide) groups is 1. The Bertz CT molecular complexity index is 1010. The van der Waals surface area contributed by atoms with Gasteiger partial charge in [0.2, 0.25) is 5.91 Å². The molecule has 1 atom stereocenters. The fourth-order valence-electron chi connectivity index (χ4n) is 3.32. The van der Waals surface area contributed by atoms with Crippen LogP contribution >= 0.6 is 11.8 Å². The molecule has 1 N–H and O–H groups in total.